The number of aromatic hydroxyl groups is 1. The molecular formula is C20H25NO2. The Morgan fingerprint density at radius 3 is 2.70 bits per heavy atom. The predicted molar refractivity (Wildman–Crippen MR) is 92.9 cm³/mol. The van der Waals surface area contributed by atoms with Crippen LogP contribution in [0.1, 0.15) is 36.1 Å². The molecule has 3 nitrogen and oxygen atoms in total. The fraction of sp³-hybridized carbons (Fsp3) is 0.400. The van der Waals surface area contributed by atoms with Gasteiger partial charge in [-0.05, 0) is 54.2 Å². The molecule has 0 radical (unpaired) electrons. The quantitative estimate of drug-likeness (QED) is 0.929. The van der Waals surface area contributed by atoms with Crippen LogP contribution < -0.4 is 4.74 Å². The fourth-order valence-corrected chi connectivity index (χ4v) is 3.37. The molecule has 0 fully saturated rings. The summed E-state index contributed by atoms with van der Waals surface area (Å²) in [5, 5.41) is 9.97. The highest BCUT2D eigenvalue weighted by Crippen LogP contribution is 2.34. The van der Waals surface area contributed by atoms with Gasteiger partial charge in [-0.15, -0.1) is 0 Å². The van der Waals surface area contributed by atoms with E-state index in [1.807, 2.05) is 12.1 Å². The van der Waals surface area contributed by atoms with E-state index in [4.69, 9.17) is 4.74 Å². The van der Waals surface area contributed by atoms with Crippen molar-refractivity contribution in [1.29, 1.82) is 0 Å². The Kier molecular flexibility index (Phi) is 4.58. The van der Waals surface area contributed by atoms with Crippen LogP contribution in [0.25, 0.3) is 0 Å². The summed E-state index contributed by atoms with van der Waals surface area (Å²) in [5.74, 6) is 0.800. The van der Waals surface area contributed by atoms with Gasteiger partial charge in [0.1, 0.15) is 0 Å². The molecule has 1 unspecified atom stereocenters. The number of fused-ring (bicyclic) bond motifs is 1. The van der Waals surface area contributed by atoms with Crippen LogP contribution in [-0.2, 0) is 25.9 Å². The zero-order chi connectivity index (χ0) is 16.4. The molecule has 1 aliphatic rings. The van der Waals surface area contributed by atoms with Gasteiger partial charge in [0, 0.05) is 19.1 Å². The molecule has 0 amide bonds. The Morgan fingerprint density at radius 1 is 1.17 bits per heavy atom. The Bertz CT molecular complexity index is 696. The molecule has 3 rings (SSSR count). The van der Waals surface area contributed by atoms with Gasteiger partial charge in [-0.2, -0.15) is 0 Å². The minimum absolute atomic E-state index is 0.238. The van der Waals surface area contributed by atoms with Gasteiger partial charge in [0.15, 0.2) is 11.5 Å². The number of nitrogens with zero attached hydrogens (tertiary/aromatic N) is 1. The van der Waals surface area contributed by atoms with E-state index in [1.54, 1.807) is 7.11 Å². The SMILES string of the molecule is CCc1cccc(CN2Cc3cc(OC)c(O)cc3CC2C)c1. The highest BCUT2D eigenvalue weighted by Gasteiger charge is 2.24. The molecule has 0 saturated heterocycles. The van der Waals surface area contributed by atoms with E-state index in [0.717, 1.165) is 25.9 Å². The number of ether oxygens (including phenoxy) is 1. The van der Waals surface area contributed by atoms with Crippen molar-refractivity contribution in [3.63, 3.8) is 0 Å². The van der Waals surface area contributed by atoms with Gasteiger partial charge in [-0.3, -0.25) is 4.90 Å². The van der Waals surface area contributed by atoms with Crippen LogP contribution in [0.5, 0.6) is 11.5 Å². The van der Waals surface area contributed by atoms with Gasteiger partial charge in [-0.1, -0.05) is 31.2 Å². The summed E-state index contributed by atoms with van der Waals surface area (Å²) >= 11 is 0. The van der Waals surface area contributed by atoms with E-state index in [1.165, 1.54) is 22.3 Å². The maximum Gasteiger partial charge on any atom is 0.160 e. The van der Waals surface area contributed by atoms with Crippen LogP contribution in [0.2, 0.25) is 0 Å². The van der Waals surface area contributed by atoms with E-state index < -0.39 is 0 Å². The molecule has 1 heterocycles. The first-order valence-electron chi connectivity index (χ1n) is 8.31. The highest BCUT2D eigenvalue weighted by molar-refractivity contribution is 5.47. The molecule has 1 N–H and O–H groups in total. The second-order valence-corrected chi connectivity index (χ2v) is 6.42. The first-order valence-corrected chi connectivity index (χ1v) is 8.31. The number of rotatable bonds is 4. The van der Waals surface area contributed by atoms with Crippen LogP contribution in [0, 0.1) is 0 Å². The van der Waals surface area contributed by atoms with Gasteiger partial charge in [0.05, 0.1) is 7.11 Å². The van der Waals surface area contributed by atoms with Crippen molar-refractivity contribution >= 4 is 0 Å². The summed E-state index contributed by atoms with van der Waals surface area (Å²) < 4.78 is 5.25. The summed E-state index contributed by atoms with van der Waals surface area (Å²) in [7, 11) is 1.60. The monoisotopic (exact) mass is 311 g/mol. The van der Waals surface area contributed by atoms with Crippen LogP contribution >= 0.6 is 0 Å². The molecule has 2 aromatic carbocycles. The van der Waals surface area contributed by atoms with Crippen LogP contribution in [0.3, 0.4) is 0 Å². The zero-order valence-electron chi connectivity index (χ0n) is 14.2. The van der Waals surface area contributed by atoms with Crippen molar-refractivity contribution < 1.29 is 9.84 Å². The standard InChI is InChI=1S/C20H25NO2/c1-4-15-6-5-7-16(9-15)12-21-13-18-11-20(23-3)19(22)10-17(18)8-14(21)2/h5-7,9-11,14,22H,4,8,12-13H2,1-3H3. The Balaban J connectivity index is 1.82. The smallest absolute Gasteiger partial charge is 0.160 e. The summed E-state index contributed by atoms with van der Waals surface area (Å²) in [4.78, 5) is 2.49. The molecule has 1 atom stereocenters. The number of methoxy groups -OCH3 is 1. The summed E-state index contributed by atoms with van der Waals surface area (Å²) in [6.45, 7) is 6.30. The fourth-order valence-electron chi connectivity index (χ4n) is 3.37. The molecule has 122 valence electrons. The Hall–Kier alpha value is -2.00. The van der Waals surface area contributed by atoms with Gasteiger partial charge in [0.2, 0.25) is 0 Å². The summed E-state index contributed by atoms with van der Waals surface area (Å²) in [5.41, 5.74) is 5.24. The Morgan fingerprint density at radius 2 is 1.96 bits per heavy atom. The summed E-state index contributed by atoms with van der Waals surface area (Å²) in [6.07, 6.45) is 2.03. The van der Waals surface area contributed by atoms with Crippen molar-refractivity contribution in [2.45, 2.75) is 45.8 Å². The van der Waals surface area contributed by atoms with E-state index in [0.29, 0.717) is 11.8 Å². The molecule has 2 aromatic rings. The van der Waals surface area contributed by atoms with Crippen molar-refractivity contribution in [3.8, 4) is 11.5 Å². The van der Waals surface area contributed by atoms with E-state index in [-0.39, 0.29) is 5.75 Å². The number of hydrogen-bond donors (Lipinski definition) is 1. The largest absolute Gasteiger partial charge is 0.504 e. The van der Waals surface area contributed by atoms with Gasteiger partial charge in [0.25, 0.3) is 0 Å². The molecule has 0 aromatic heterocycles. The lowest BCUT2D eigenvalue weighted by atomic mass is 9.93. The predicted octanol–water partition coefficient (Wildman–Crippen LogP) is 3.91. The highest BCUT2D eigenvalue weighted by atomic mass is 16.5. The maximum atomic E-state index is 9.97. The van der Waals surface area contributed by atoms with Crippen molar-refractivity contribution in [2.24, 2.45) is 0 Å². The molecule has 0 saturated carbocycles. The average molecular weight is 311 g/mol. The third-order valence-corrected chi connectivity index (χ3v) is 4.80. The number of phenolic OH excluding ortho intramolecular Hbond substituents is 1. The van der Waals surface area contributed by atoms with Gasteiger partial charge >= 0.3 is 0 Å². The topological polar surface area (TPSA) is 32.7 Å². The molecule has 1 aliphatic heterocycles. The molecule has 0 aliphatic carbocycles. The number of benzene rings is 2. The van der Waals surface area contributed by atoms with Gasteiger partial charge < -0.3 is 9.84 Å². The second-order valence-electron chi connectivity index (χ2n) is 6.42. The van der Waals surface area contributed by atoms with Crippen molar-refractivity contribution in [3.05, 3.63) is 58.7 Å². The molecule has 0 spiro atoms. The normalized spacial score (nSPS) is 17.8. The average Bonchev–Trinajstić information content (AvgIpc) is 2.55. The van der Waals surface area contributed by atoms with E-state index in [2.05, 4.69) is 43.0 Å². The first-order chi connectivity index (χ1) is 11.1. The third kappa shape index (κ3) is 3.35. The van der Waals surface area contributed by atoms with E-state index in [9.17, 15) is 5.11 Å². The van der Waals surface area contributed by atoms with Crippen LogP contribution in [0.15, 0.2) is 36.4 Å². The second kappa shape index (κ2) is 6.63. The number of hydrogen-bond acceptors (Lipinski definition) is 3. The van der Waals surface area contributed by atoms with Crippen LogP contribution in [-0.4, -0.2) is 23.2 Å². The minimum atomic E-state index is 0.238. The molecule has 3 heteroatoms. The molecular weight excluding hydrogens is 286 g/mol. The van der Waals surface area contributed by atoms with Crippen molar-refractivity contribution in [1.82, 2.24) is 4.90 Å². The van der Waals surface area contributed by atoms with E-state index >= 15 is 0 Å². The maximum absolute atomic E-state index is 9.97. The Labute approximate surface area is 138 Å². The lowest BCUT2D eigenvalue weighted by Crippen LogP contribution is -2.37. The summed E-state index contributed by atoms with van der Waals surface area (Å²) in [6, 6.07) is 13.1. The molecule has 23 heavy (non-hydrogen) atoms. The zero-order valence-corrected chi connectivity index (χ0v) is 14.2. The lowest BCUT2D eigenvalue weighted by Gasteiger charge is -2.35. The number of phenols is 1. The first kappa shape index (κ1) is 15.9. The lowest BCUT2D eigenvalue weighted by molar-refractivity contribution is 0.174. The van der Waals surface area contributed by atoms with Gasteiger partial charge in [-0.25, -0.2) is 0 Å². The van der Waals surface area contributed by atoms with Crippen molar-refractivity contribution in [2.75, 3.05) is 7.11 Å². The molecule has 0 bridgehead atoms. The minimum Gasteiger partial charge on any atom is -0.504 e. The third-order valence-electron chi connectivity index (χ3n) is 4.80. The van der Waals surface area contributed by atoms with Crippen LogP contribution in [0.4, 0.5) is 0 Å². The number of aryl methyl sites for hydroxylation is 1.